The summed E-state index contributed by atoms with van der Waals surface area (Å²) in [5, 5.41) is 0. The van der Waals surface area contributed by atoms with E-state index in [4.69, 9.17) is 4.74 Å². The van der Waals surface area contributed by atoms with Crippen LogP contribution < -0.4 is 0 Å². The summed E-state index contributed by atoms with van der Waals surface area (Å²) in [6.07, 6.45) is 1.52. The smallest absolute Gasteiger partial charge is 0.336 e. The van der Waals surface area contributed by atoms with E-state index < -0.39 is 23.5 Å². The van der Waals surface area contributed by atoms with Gasteiger partial charge in [-0.1, -0.05) is 42.5 Å². The molecule has 30 heavy (non-hydrogen) atoms. The third-order valence-electron chi connectivity index (χ3n) is 5.08. The predicted molar refractivity (Wildman–Crippen MR) is 109 cm³/mol. The average molecular weight is 411 g/mol. The van der Waals surface area contributed by atoms with Crippen molar-refractivity contribution in [2.45, 2.75) is 32.7 Å². The number of nitrogens with zero attached hydrogens (tertiary/aromatic N) is 1. The lowest BCUT2D eigenvalue weighted by Gasteiger charge is -2.34. The van der Waals surface area contributed by atoms with Crippen molar-refractivity contribution in [1.29, 1.82) is 0 Å². The number of amides is 1. The van der Waals surface area contributed by atoms with Crippen molar-refractivity contribution in [1.82, 2.24) is 4.90 Å². The van der Waals surface area contributed by atoms with Gasteiger partial charge in [0.2, 0.25) is 5.91 Å². The van der Waals surface area contributed by atoms with Crippen molar-refractivity contribution in [3.63, 3.8) is 0 Å². The standard InChI is InChI=1S/C24H23F2NO3/c1-4-8-30-24(29)23-16(3)27(14-17-10-19(25)12-20(26)11-17)22(28)13-21(23)18-7-5-6-15(2)9-18/h4-7,9-12,21H,1,8,13-14H2,2-3H3/t21-/m1/s1. The van der Waals surface area contributed by atoms with Gasteiger partial charge in [0.05, 0.1) is 12.1 Å². The van der Waals surface area contributed by atoms with Crippen molar-refractivity contribution < 1.29 is 23.1 Å². The predicted octanol–water partition coefficient (Wildman–Crippen LogP) is 4.79. The van der Waals surface area contributed by atoms with Gasteiger partial charge < -0.3 is 9.64 Å². The Morgan fingerprint density at radius 1 is 1.20 bits per heavy atom. The summed E-state index contributed by atoms with van der Waals surface area (Å²) in [6, 6.07) is 10.7. The van der Waals surface area contributed by atoms with Gasteiger partial charge in [-0.2, -0.15) is 0 Å². The van der Waals surface area contributed by atoms with Gasteiger partial charge in [-0.25, -0.2) is 13.6 Å². The monoisotopic (exact) mass is 411 g/mol. The van der Waals surface area contributed by atoms with Crippen LogP contribution in [0, 0.1) is 18.6 Å². The lowest BCUT2D eigenvalue weighted by atomic mass is 9.83. The quantitative estimate of drug-likeness (QED) is 0.507. The third kappa shape index (κ3) is 4.64. The molecule has 2 aromatic carbocycles. The van der Waals surface area contributed by atoms with E-state index in [1.165, 1.54) is 23.1 Å². The number of benzene rings is 2. The third-order valence-corrected chi connectivity index (χ3v) is 5.08. The topological polar surface area (TPSA) is 46.6 Å². The number of hydrogen-bond acceptors (Lipinski definition) is 3. The first-order valence-corrected chi connectivity index (χ1v) is 9.61. The number of carbonyl (C=O) groups excluding carboxylic acids is 2. The summed E-state index contributed by atoms with van der Waals surface area (Å²) >= 11 is 0. The summed E-state index contributed by atoms with van der Waals surface area (Å²) < 4.78 is 32.5. The van der Waals surface area contributed by atoms with Gasteiger partial charge in [-0.05, 0) is 37.1 Å². The van der Waals surface area contributed by atoms with Crippen molar-refractivity contribution in [3.8, 4) is 0 Å². The highest BCUT2D eigenvalue weighted by atomic mass is 19.1. The van der Waals surface area contributed by atoms with E-state index in [1.807, 2.05) is 31.2 Å². The fourth-order valence-electron chi connectivity index (χ4n) is 3.74. The van der Waals surface area contributed by atoms with Gasteiger partial charge >= 0.3 is 5.97 Å². The number of carbonyl (C=O) groups is 2. The highest BCUT2D eigenvalue weighted by molar-refractivity contribution is 5.95. The molecular weight excluding hydrogens is 388 g/mol. The van der Waals surface area contributed by atoms with Crippen LogP contribution in [-0.4, -0.2) is 23.4 Å². The lowest BCUT2D eigenvalue weighted by molar-refractivity contribution is -0.139. The Hall–Kier alpha value is -3.28. The molecule has 4 nitrogen and oxygen atoms in total. The first-order valence-electron chi connectivity index (χ1n) is 9.61. The molecule has 3 rings (SSSR count). The number of rotatable bonds is 6. The first-order chi connectivity index (χ1) is 14.3. The minimum absolute atomic E-state index is 0.0409. The molecule has 0 saturated heterocycles. The van der Waals surface area contributed by atoms with Gasteiger partial charge in [-0.3, -0.25) is 4.79 Å². The zero-order valence-corrected chi connectivity index (χ0v) is 17.0. The Morgan fingerprint density at radius 3 is 2.53 bits per heavy atom. The maximum Gasteiger partial charge on any atom is 0.336 e. The molecule has 0 unspecified atom stereocenters. The molecule has 1 aliphatic heterocycles. The first kappa shape index (κ1) is 21.4. The van der Waals surface area contributed by atoms with Crippen LogP contribution in [0.5, 0.6) is 0 Å². The molecule has 1 aliphatic rings. The van der Waals surface area contributed by atoms with E-state index in [1.54, 1.807) is 6.92 Å². The molecule has 0 aliphatic carbocycles. The Balaban J connectivity index is 2.04. The van der Waals surface area contributed by atoms with Crippen LogP contribution in [0.4, 0.5) is 8.78 Å². The van der Waals surface area contributed by atoms with E-state index in [-0.39, 0.29) is 25.5 Å². The van der Waals surface area contributed by atoms with Crippen molar-refractivity contribution in [2.75, 3.05) is 6.61 Å². The Labute approximate surface area is 174 Å². The molecule has 1 heterocycles. The molecular formula is C24H23F2NO3. The molecule has 1 atom stereocenters. The zero-order valence-electron chi connectivity index (χ0n) is 17.0. The molecule has 1 amide bonds. The highest BCUT2D eigenvalue weighted by Gasteiger charge is 2.37. The number of allylic oxidation sites excluding steroid dienone is 1. The number of ether oxygens (including phenoxy) is 1. The van der Waals surface area contributed by atoms with Crippen LogP contribution in [0.3, 0.4) is 0 Å². The van der Waals surface area contributed by atoms with E-state index >= 15 is 0 Å². The molecule has 0 spiro atoms. The molecule has 0 radical (unpaired) electrons. The fraction of sp³-hybridized carbons (Fsp3) is 0.250. The number of halogens is 2. The lowest BCUT2D eigenvalue weighted by Crippen LogP contribution is -2.38. The zero-order chi connectivity index (χ0) is 21.8. The van der Waals surface area contributed by atoms with Crippen LogP contribution in [0.1, 0.15) is 36.0 Å². The Bertz CT molecular complexity index is 1010. The average Bonchev–Trinajstić information content (AvgIpc) is 2.68. The molecule has 0 aromatic heterocycles. The number of esters is 1. The maximum absolute atomic E-state index is 13.6. The molecule has 0 fully saturated rings. The Kier molecular flexibility index (Phi) is 6.45. The van der Waals surface area contributed by atoms with Crippen LogP contribution in [0.2, 0.25) is 0 Å². The summed E-state index contributed by atoms with van der Waals surface area (Å²) in [6.45, 7) is 7.14. The molecule has 0 saturated carbocycles. The van der Waals surface area contributed by atoms with E-state index in [9.17, 15) is 18.4 Å². The maximum atomic E-state index is 13.6. The van der Waals surface area contributed by atoms with Gasteiger partial charge in [0.1, 0.15) is 18.2 Å². The van der Waals surface area contributed by atoms with Crippen LogP contribution in [-0.2, 0) is 20.9 Å². The van der Waals surface area contributed by atoms with Gasteiger partial charge in [0, 0.05) is 24.1 Å². The Morgan fingerprint density at radius 2 is 1.90 bits per heavy atom. The molecule has 0 bridgehead atoms. The minimum atomic E-state index is -0.723. The fourth-order valence-corrected chi connectivity index (χ4v) is 3.74. The molecule has 156 valence electrons. The van der Waals surface area contributed by atoms with E-state index in [0.717, 1.165) is 17.2 Å². The molecule has 6 heteroatoms. The summed E-state index contributed by atoms with van der Waals surface area (Å²) in [7, 11) is 0. The second-order valence-corrected chi connectivity index (χ2v) is 7.31. The van der Waals surface area contributed by atoms with Crippen molar-refractivity contribution in [3.05, 3.63) is 94.7 Å². The van der Waals surface area contributed by atoms with Crippen LogP contribution in [0.25, 0.3) is 0 Å². The summed E-state index contributed by atoms with van der Waals surface area (Å²) in [5.74, 6) is -2.68. The van der Waals surface area contributed by atoms with Crippen LogP contribution >= 0.6 is 0 Å². The van der Waals surface area contributed by atoms with Gasteiger partial charge in [-0.15, -0.1) is 0 Å². The second-order valence-electron chi connectivity index (χ2n) is 7.31. The SMILES string of the molecule is C=CCOC(=O)C1=C(C)N(Cc2cc(F)cc(F)c2)C(=O)C[C@@H]1c1cccc(C)c1. The van der Waals surface area contributed by atoms with Crippen molar-refractivity contribution in [2.24, 2.45) is 0 Å². The van der Waals surface area contributed by atoms with E-state index in [2.05, 4.69) is 6.58 Å². The van der Waals surface area contributed by atoms with Crippen molar-refractivity contribution >= 4 is 11.9 Å². The van der Waals surface area contributed by atoms with Crippen LogP contribution in [0.15, 0.2) is 66.4 Å². The highest BCUT2D eigenvalue weighted by Crippen LogP contribution is 2.38. The minimum Gasteiger partial charge on any atom is -0.458 e. The normalized spacial score (nSPS) is 16.6. The number of hydrogen-bond donors (Lipinski definition) is 0. The van der Waals surface area contributed by atoms with Gasteiger partial charge in [0.15, 0.2) is 0 Å². The second kappa shape index (κ2) is 9.03. The molecule has 2 aromatic rings. The summed E-state index contributed by atoms with van der Waals surface area (Å²) in [4.78, 5) is 27.2. The summed E-state index contributed by atoms with van der Waals surface area (Å²) in [5.41, 5.74) is 2.92. The van der Waals surface area contributed by atoms with Gasteiger partial charge in [0.25, 0.3) is 0 Å². The number of aryl methyl sites for hydroxylation is 1. The van der Waals surface area contributed by atoms with E-state index in [0.29, 0.717) is 16.8 Å². The molecule has 0 N–H and O–H groups in total. The largest absolute Gasteiger partial charge is 0.458 e.